The van der Waals surface area contributed by atoms with Crippen molar-refractivity contribution in [2.24, 2.45) is 0 Å². The second kappa shape index (κ2) is 31.0. The van der Waals surface area contributed by atoms with E-state index in [-0.39, 0.29) is 85.5 Å². The first-order valence-electron chi connectivity index (χ1n) is 0. The van der Waals surface area contributed by atoms with Crippen LogP contribution in [0.15, 0.2) is 0 Å². The van der Waals surface area contributed by atoms with Gasteiger partial charge in [-0.15, -0.1) is 0 Å². The van der Waals surface area contributed by atoms with Crippen LogP contribution in [0, 0.1) is 0 Å². The fraction of sp³-hybridized carbons (Fsp3) is 0. The van der Waals surface area contributed by atoms with Crippen molar-refractivity contribution in [3.63, 3.8) is 0 Å². The molecule has 0 aliphatic rings. The second-order valence-electron chi connectivity index (χ2n) is 0. The topological polar surface area (TPSA) is 0 Å². The Labute approximate surface area is 84.5 Å². The third-order valence-corrected chi connectivity index (χ3v) is 0. The van der Waals surface area contributed by atoms with E-state index in [1.54, 1.807) is 0 Å². The van der Waals surface area contributed by atoms with Gasteiger partial charge in [-0.05, 0) is 11.0 Å². The molecule has 0 N–H and O–H groups in total. The van der Waals surface area contributed by atoms with Crippen molar-refractivity contribution in [3.05, 3.63) is 0 Å². The summed E-state index contributed by atoms with van der Waals surface area (Å²) in [5.74, 6) is 0. The average molecular weight is 207 g/mol. The molecule has 0 amide bonds. The molecular weight excluding hydrogens is 198 g/mol. The maximum Gasteiger partial charge on any atom is 0.316 e. The van der Waals surface area contributed by atoms with E-state index >= 15 is 0 Å². The summed E-state index contributed by atoms with van der Waals surface area (Å²) < 4.78 is 0. The largest absolute Gasteiger partial charge is 0.316 e. The van der Waals surface area contributed by atoms with Gasteiger partial charge in [-0.25, -0.2) is 0 Å². The zero-order valence-electron chi connectivity index (χ0n) is 0.679. The number of hydrogen-bond acceptors (Lipinski definition) is 0. The van der Waals surface area contributed by atoms with E-state index in [0.29, 0.717) is 0 Å². The van der Waals surface area contributed by atoms with Crippen LogP contribution in [0.4, 0.5) is 0 Å². The van der Waals surface area contributed by atoms with E-state index < -0.39 is 0 Å². The maximum absolute atomic E-state index is 0. The van der Waals surface area contributed by atoms with E-state index in [9.17, 15) is 0 Å². The van der Waals surface area contributed by atoms with E-state index in [2.05, 4.69) is 0 Å². The minimum atomic E-state index is 0. The zero-order valence-corrected chi connectivity index (χ0v) is 2.80. The van der Waals surface area contributed by atoms with Crippen LogP contribution in [0.1, 0.15) is 0 Å². The van der Waals surface area contributed by atoms with E-state index in [1.165, 1.54) is 0 Å². The second-order valence-corrected chi connectivity index (χ2v) is 0. The molecule has 0 aliphatic carbocycles. The van der Waals surface area contributed by atoms with Gasteiger partial charge in [0.05, 0.1) is 0 Å². The first kappa shape index (κ1) is 49.7. The van der Waals surface area contributed by atoms with Gasteiger partial charge < -0.3 is 0 Å². The van der Waals surface area contributed by atoms with Gasteiger partial charge in [0.15, 0.2) is 17.4 Å². The molecule has 0 saturated heterocycles. The fourth-order valence-electron chi connectivity index (χ4n) is 0. The Bertz CT molecular complexity index is 11.6. The molecule has 0 rings (SSSR count). The molecule has 0 unspecified atom stereocenters. The van der Waals surface area contributed by atoms with Crippen molar-refractivity contribution in [2.75, 3.05) is 0 Å². The van der Waals surface area contributed by atoms with Crippen LogP contribution < -0.4 is 0 Å². The zero-order chi connectivity index (χ0) is 0. The molecule has 36 valence electrons. The third-order valence-electron chi connectivity index (χ3n) is 0. The van der Waals surface area contributed by atoms with Crippen LogP contribution in [-0.4, -0.2) is 51.4 Å². The van der Waals surface area contributed by atoms with Gasteiger partial charge in [-0.1, -0.05) is 0 Å². The van der Waals surface area contributed by atoms with Gasteiger partial charge in [0.2, 0.25) is 0 Å². The van der Waals surface area contributed by atoms with Crippen LogP contribution in [0.2, 0.25) is 0 Å². The molecule has 2 radical (unpaired) electrons. The van der Waals surface area contributed by atoms with Crippen LogP contribution in [0.25, 0.3) is 0 Å². The Balaban J connectivity index is 0. The van der Waals surface area contributed by atoms with E-state index in [1.807, 2.05) is 0 Å². The molecule has 0 spiro atoms. The van der Waals surface area contributed by atoms with Gasteiger partial charge in [-0.2, -0.15) is 0 Å². The normalized spacial score (nSPS) is 0. The molecule has 0 saturated carbocycles. The van der Waals surface area contributed by atoms with Crippen molar-refractivity contribution >= 4 is 51.4 Å². The summed E-state index contributed by atoms with van der Waals surface area (Å²) >= 11 is 0. The first-order valence-corrected chi connectivity index (χ1v) is 0. The quantitative estimate of drug-likeness (QED) is 0.361. The smallest absolute Gasteiger partial charge is 0.0149 e. The Morgan fingerprint density at radius 1 is 1.00 bits per heavy atom. The predicted molar refractivity (Wildman–Crippen MR) is 29.8 cm³/mol. The summed E-state index contributed by atoms with van der Waals surface area (Å²) in [6.45, 7) is 0. The molecule has 5 heavy (non-hydrogen) atoms. The Hall–Kier alpha value is 2.55. The molecule has 0 atom stereocenters. The van der Waals surface area contributed by atoms with E-state index in [0.717, 1.165) is 0 Å². The van der Waals surface area contributed by atoms with Gasteiger partial charge in [0.1, 0.15) is 0 Å². The van der Waals surface area contributed by atoms with E-state index in [4.69, 9.17) is 0 Å². The summed E-state index contributed by atoms with van der Waals surface area (Å²) in [4.78, 5) is 0. The molecule has 0 aromatic carbocycles. The summed E-state index contributed by atoms with van der Waals surface area (Å²) in [6, 6.07) is 0. The van der Waals surface area contributed by atoms with Gasteiger partial charge >= 0.3 is 23.1 Å². The number of rotatable bonds is 0. The SMILES string of the molecule is [AlH3].[Cu].[MgH2].[Mn].[SiH4]. The minimum absolute atomic E-state index is 0. The molecule has 0 aromatic rings. The summed E-state index contributed by atoms with van der Waals surface area (Å²) in [5.41, 5.74) is 0. The van der Waals surface area contributed by atoms with Crippen LogP contribution in [-0.2, 0) is 34.1 Å². The van der Waals surface area contributed by atoms with Gasteiger partial charge in [0.25, 0.3) is 0 Å². The molecular formula is H9AlCuMgMnSi. The molecule has 0 nitrogen and oxygen atoms in total. The summed E-state index contributed by atoms with van der Waals surface area (Å²) in [6.07, 6.45) is 0. The summed E-state index contributed by atoms with van der Waals surface area (Å²) in [7, 11) is 0. The van der Waals surface area contributed by atoms with Crippen LogP contribution in [0.3, 0.4) is 0 Å². The molecule has 0 fully saturated rings. The molecule has 0 aliphatic heterocycles. The Morgan fingerprint density at radius 2 is 1.00 bits per heavy atom. The van der Waals surface area contributed by atoms with Crippen LogP contribution >= 0.6 is 0 Å². The molecule has 5 heteroatoms. The van der Waals surface area contributed by atoms with Gasteiger partial charge in [0, 0.05) is 34.1 Å². The maximum atomic E-state index is 0. The van der Waals surface area contributed by atoms with Crippen LogP contribution in [0.5, 0.6) is 0 Å². The monoisotopic (exact) mass is 206 g/mol. The standard InChI is InChI=1S/Al.Cu.Mg.Mn.H4Si.5H/h;;;;1H4;;;;;. The fourth-order valence-corrected chi connectivity index (χ4v) is 0. The summed E-state index contributed by atoms with van der Waals surface area (Å²) in [5, 5.41) is 0. The first-order chi connectivity index (χ1) is 0. The van der Waals surface area contributed by atoms with Crippen molar-refractivity contribution in [3.8, 4) is 0 Å². The third kappa shape index (κ3) is 20.8. The van der Waals surface area contributed by atoms with Crippen molar-refractivity contribution in [1.82, 2.24) is 0 Å². The predicted octanol–water partition coefficient (Wildman–Crippen LogP) is -3.56. The number of hydrogen-bond donors (Lipinski definition) is 0. The average Bonchev–Trinajstić information content (AvgIpc) is 0. The minimum Gasteiger partial charge on any atom is -0.0149 e. The van der Waals surface area contributed by atoms with Crippen molar-refractivity contribution in [1.29, 1.82) is 0 Å². The molecule has 0 bridgehead atoms. The molecule has 0 heterocycles. The molecule has 0 aromatic heterocycles. The van der Waals surface area contributed by atoms with Crippen molar-refractivity contribution < 1.29 is 34.1 Å². The Kier molecular flexibility index (Phi) is 308. The van der Waals surface area contributed by atoms with Gasteiger partial charge in [-0.3, -0.25) is 0 Å². The Morgan fingerprint density at radius 3 is 1.00 bits per heavy atom. The van der Waals surface area contributed by atoms with Crippen molar-refractivity contribution in [2.45, 2.75) is 0 Å².